The topological polar surface area (TPSA) is 42.0 Å². The van der Waals surface area contributed by atoms with Crippen molar-refractivity contribution in [1.29, 1.82) is 0 Å². The quantitative estimate of drug-likeness (QED) is 0.652. The number of nitrogens with zero attached hydrogens (tertiary/aromatic N) is 2. The Morgan fingerprint density at radius 1 is 0.970 bits per heavy atom. The molecule has 2 heterocycles. The molecule has 2 fully saturated rings. The number of rotatable bonds is 6. The van der Waals surface area contributed by atoms with Gasteiger partial charge in [0.1, 0.15) is 12.4 Å². The number of carbonyl (C=O) groups is 1. The van der Waals surface area contributed by atoms with Crippen LogP contribution in [0.15, 0.2) is 54.6 Å². The molecule has 5 nitrogen and oxygen atoms in total. The molecule has 4 rings (SSSR count). The van der Waals surface area contributed by atoms with E-state index in [1.807, 2.05) is 30.3 Å². The van der Waals surface area contributed by atoms with E-state index in [9.17, 15) is 18.0 Å². The third kappa shape index (κ3) is 5.50. The zero-order chi connectivity index (χ0) is 23.3. The molecule has 33 heavy (non-hydrogen) atoms. The molecule has 0 saturated carbocycles. The van der Waals surface area contributed by atoms with E-state index in [0.29, 0.717) is 64.4 Å². The van der Waals surface area contributed by atoms with Gasteiger partial charge in [0, 0.05) is 45.9 Å². The summed E-state index contributed by atoms with van der Waals surface area (Å²) in [5.41, 5.74) is -1.26. The van der Waals surface area contributed by atoms with E-state index < -0.39 is 17.2 Å². The highest BCUT2D eigenvalue weighted by Gasteiger charge is 2.45. The molecule has 178 valence electrons. The van der Waals surface area contributed by atoms with Crippen molar-refractivity contribution >= 4 is 5.91 Å². The molecule has 0 bridgehead atoms. The van der Waals surface area contributed by atoms with Crippen molar-refractivity contribution in [2.24, 2.45) is 0 Å². The summed E-state index contributed by atoms with van der Waals surface area (Å²) in [6, 6.07) is 14.9. The van der Waals surface area contributed by atoms with Crippen LogP contribution in [0.5, 0.6) is 5.75 Å². The van der Waals surface area contributed by atoms with Crippen LogP contribution < -0.4 is 4.74 Å². The summed E-state index contributed by atoms with van der Waals surface area (Å²) < 4.78 is 51.2. The van der Waals surface area contributed by atoms with Gasteiger partial charge in [-0.25, -0.2) is 0 Å². The first-order valence-corrected chi connectivity index (χ1v) is 11.3. The van der Waals surface area contributed by atoms with Crippen LogP contribution >= 0.6 is 0 Å². The van der Waals surface area contributed by atoms with Crippen molar-refractivity contribution in [2.45, 2.75) is 24.4 Å². The first-order chi connectivity index (χ1) is 15.9. The van der Waals surface area contributed by atoms with Crippen LogP contribution in [0.4, 0.5) is 13.2 Å². The van der Waals surface area contributed by atoms with E-state index in [2.05, 4.69) is 4.90 Å². The van der Waals surface area contributed by atoms with E-state index in [1.54, 1.807) is 11.0 Å². The van der Waals surface area contributed by atoms with E-state index in [4.69, 9.17) is 9.47 Å². The van der Waals surface area contributed by atoms with Gasteiger partial charge >= 0.3 is 6.18 Å². The smallest absolute Gasteiger partial charge is 0.416 e. The van der Waals surface area contributed by atoms with Gasteiger partial charge in [-0.3, -0.25) is 9.69 Å². The number of amides is 1. The average Bonchev–Trinajstić information content (AvgIpc) is 2.85. The van der Waals surface area contributed by atoms with Gasteiger partial charge in [0.2, 0.25) is 5.91 Å². The zero-order valence-electron chi connectivity index (χ0n) is 18.5. The SMILES string of the molecule is O=C(N1CCN(CCOc2ccccc2)CC1)C1(c2cccc(C(F)(F)F)c2)CCOCC1. The summed E-state index contributed by atoms with van der Waals surface area (Å²) in [5, 5.41) is 0. The summed E-state index contributed by atoms with van der Waals surface area (Å²) in [7, 11) is 0. The van der Waals surface area contributed by atoms with Crippen molar-refractivity contribution in [3.8, 4) is 5.75 Å². The van der Waals surface area contributed by atoms with Crippen LogP contribution in [0.3, 0.4) is 0 Å². The standard InChI is InChI=1S/C25H29F3N2O3/c26-25(27,28)21-6-4-5-20(19-21)24(9-16-32-17-10-24)23(31)30-13-11-29(12-14-30)15-18-33-22-7-2-1-3-8-22/h1-8,19H,9-18H2. The van der Waals surface area contributed by atoms with Crippen molar-refractivity contribution in [2.75, 3.05) is 52.5 Å². The first-order valence-electron chi connectivity index (χ1n) is 11.3. The van der Waals surface area contributed by atoms with Gasteiger partial charge in [-0.2, -0.15) is 13.2 Å². The van der Waals surface area contributed by atoms with Crippen molar-refractivity contribution in [3.63, 3.8) is 0 Å². The minimum atomic E-state index is -4.45. The van der Waals surface area contributed by atoms with E-state index in [1.165, 1.54) is 6.07 Å². The van der Waals surface area contributed by atoms with Crippen molar-refractivity contribution in [1.82, 2.24) is 9.80 Å². The molecule has 0 aromatic heterocycles. The molecule has 2 saturated heterocycles. The average molecular weight is 463 g/mol. The van der Waals surface area contributed by atoms with Crippen molar-refractivity contribution < 1.29 is 27.4 Å². The Morgan fingerprint density at radius 3 is 2.33 bits per heavy atom. The number of halogens is 3. The number of benzene rings is 2. The molecule has 0 radical (unpaired) electrons. The monoisotopic (exact) mass is 462 g/mol. The van der Waals surface area contributed by atoms with Crippen LogP contribution in [-0.2, 0) is 21.1 Å². The molecule has 2 aromatic rings. The van der Waals surface area contributed by atoms with Gasteiger partial charge in [0.05, 0.1) is 11.0 Å². The molecule has 1 amide bonds. The third-order valence-corrected chi connectivity index (χ3v) is 6.58. The molecule has 0 atom stereocenters. The second-order valence-electron chi connectivity index (χ2n) is 8.57. The van der Waals surface area contributed by atoms with Gasteiger partial charge in [-0.15, -0.1) is 0 Å². The van der Waals surface area contributed by atoms with Gasteiger partial charge < -0.3 is 14.4 Å². The fourth-order valence-electron chi connectivity index (χ4n) is 4.63. The lowest BCUT2D eigenvalue weighted by Crippen LogP contribution is -2.56. The van der Waals surface area contributed by atoms with E-state index in [0.717, 1.165) is 24.4 Å². The van der Waals surface area contributed by atoms with Crippen LogP contribution in [0.25, 0.3) is 0 Å². The summed E-state index contributed by atoms with van der Waals surface area (Å²) in [6.45, 7) is 4.54. The molecule has 0 N–H and O–H groups in total. The van der Waals surface area contributed by atoms with Crippen LogP contribution in [-0.4, -0.2) is 68.3 Å². The highest BCUT2D eigenvalue weighted by atomic mass is 19.4. The Hall–Kier alpha value is -2.58. The summed E-state index contributed by atoms with van der Waals surface area (Å²) >= 11 is 0. The minimum Gasteiger partial charge on any atom is -0.492 e. The number of hydrogen-bond donors (Lipinski definition) is 0. The number of piperazine rings is 1. The summed E-state index contributed by atoms with van der Waals surface area (Å²) in [5.74, 6) is 0.735. The largest absolute Gasteiger partial charge is 0.492 e. The number of alkyl halides is 3. The lowest BCUT2D eigenvalue weighted by atomic mass is 9.72. The van der Waals surface area contributed by atoms with Gasteiger partial charge in [-0.05, 0) is 36.6 Å². The summed E-state index contributed by atoms with van der Waals surface area (Å²) in [4.78, 5) is 17.7. The molecule has 0 spiro atoms. The summed E-state index contributed by atoms with van der Waals surface area (Å²) in [6.07, 6.45) is -3.67. The molecule has 0 unspecified atom stereocenters. The third-order valence-electron chi connectivity index (χ3n) is 6.58. The molecular formula is C25H29F3N2O3. The molecule has 2 aliphatic rings. The maximum atomic E-state index is 13.7. The second-order valence-corrected chi connectivity index (χ2v) is 8.57. The van der Waals surface area contributed by atoms with Crippen LogP contribution in [0.2, 0.25) is 0 Å². The van der Waals surface area contributed by atoms with Crippen LogP contribution in [0, 0.1) is 0 Å². The number of hydrogen-bond acceptors (Lipinski definition) is 4. The Labute approximate surface area is 192 Å². The Morgan fingerprint density at radius 2 is 1.67 bits per heavy atom. The fraction of sp³-hybridized carbons (Fsp3) is 0.480. The fourth-order valence-corrected chi connectivity index (χ4v) is 4.63. The maximum Gasteiger partial charge on any atom is 0.416 e. The lowest BCUT2D eigenvalue weighted by Gasteiger charge is -2.43. The molecule has 2 aromatic carbocycles. The van der Waals surface area contributed by atoms with E-state index in [-0.39, 0.29) is 5.91 Å². The maximum absolute atomic E-state index is 13.7. The molecule has 0 aliphatic carbocycles. The highest BCUT2D eigenvalue weighted by Crippen LogP contribution is 2.39. The minimum absolute atomic E-state index is 0.0923. The first kappa shape index (κ1) is 23.6. The Bertz CT molecular complexity index is 922. The predicted molar refractivity (Wildman–Crippen MR) is 118 cm³/mol. The predicted octanol–water partition coefficient (Wildman–Crippen LogP) is 3.98. The Balaban J connectivity index is 1.40. The van der Waals surface area contributed by atoms with Gasteiger partial charge in [-0.1, -0.05) is 36.4 Å². The highest BCUT2D eigenvalue weighted by molar-refractivity contribution is 5.88. The second kappa shape index (κ2) is 10.1. The van der Waals surface area contributed by atoms with Gasteiger partial charge in [0.15, 0.2) is 0 Å². The van der Waals surface area contributed by atoms with Gasteiger partial charge in [0.25, 0.3) is 0 Å². The molecule has 8 heteroatoms. The number of ether oxygens (including phenoxy) is 2. The zero-order valence-corrected chi connectivity index (χ0v) is 18.5. The normalized spacial score (nSPS) is 19.3. The number of para-hydroxylation sites is 1. The number of carbonyl (C=O) groups excluding carboxylic acids is 1. The molecule has 2 aliphatic heterocycles. The van der Waals surface area contributed by atoms with Crippen LogP contribution in [0.1, 0.15) is 24.0 Å². The Kier molecular flexibility index (Phi) is 7.24. The lowest BCUT2D eigenvalue weighted by molar-refractivity contribution is -0.144. The van der Waals surface area contributed by atoms with E-state index >= 15 is 0 Å². The molecular weight excluding hydrogens is 433 g/mol. The van der Waals surface area contributed by atoms with Crippen molar-refractivity contribution in [3.05, 3.63) is 65.7 Å².